The lowest BCUT2D eigenvalue weighted by Crippen LogP contribution is -2.38. The van der Waals surface area contributed by atoms with E-state index in [0.717, 1.165) is 12.1 Å². The molecule has 1 aromatic carbocycles. The number of aliphatic hydroxyl groups excluding tert-OH is 1. The van der Waals surface area contributed by atoms with Gasteiger partial charge >= 0.3 is 0 Å². The van der Waals surface area contributed by atoms with E-state index in [2.05, 4.69) is 4.98 Å². The van der Waals surface area contributed by atoms with Crippen molar-refractivity contribution in [2.45, 2.75) is 25.9 Å². The number of rotatable bonds is 6. The highest BCUT2D eigenvalue weighted by molar-refractivity contribution is 7.91. The van der Waals surface area contributed by atoms with E-state index < -0.39 is 21.5 Å². The van der Waals surface area contributed by atoms with Crippen LogP contribution in [0.4, 0.5) is 8.78 Å². The maximum Gasteiger partial charge on any atom is 0.229 e. The van der Waals surface area contributed by atoms with E-state index in [9.17, 15) is 22.3 Å². The first-order chi connectivity index (χ1) is 12.3. The number of aliphatic hydroxyl groups is 1. The SMILES string of the molecule is Cc1oc(-c2ccc(F)cc2F)nc1CN(CCO)C1CCS(=O)(=O)C1. The molecule has 1 aliphatic rings. The van der Waals surface area contributed by atoms with E-state index in [4.69, 9.17) is 4.42 Å². The Morgan fingerprint density at radius 2 is 2.15 bits per heavy atom. The topological polar surface area (TPSA) is 83.6 Å². The van der Waals surface area contributed by atoms with E-state index in [1.807, 2.05) is 4.90 Å². The summed E-state index contributed by atoms with van der Waals surface area (Å²) >= 11 is 0. The first kappa shape index (κ1) is 18.9. The lowest BCUT2D eigenvalue weighted by atomic mass is 10.2. The number of aromatic nitrogens is 1. The molecule has 6 nitrogen and oxygen atoms in total. The normalized spacial score (nSPS) is 19.3. The molecule has 1 aromatic heterocycles. The Hall–Kier alpha value is -1.84. The van der Waals surface area contributed by atoms with Crippen LogP contribution in [0.5, 0.6) is 0 Å². The fraction of sp³-hybridized carbons (Fsp3) is 0.471. The zero-order valence-electron chi connectivity index (χ0n) is 14.3. The molecule has 1 fully saturated rings. The second-order valence-corrected chi connectivity index (χ2v) is 8.63. The lowest BCUT2D eigenvalue weighted by Gasteiger charge is -2.26. The minimum atomic E-state index is -3.06. The average molecular weight is 386 g/mol. The van der Waals surface area contributed by atoms with Gasteiger partial charge in [-0.3, -0.25) is 4.90 Å². The fourth-order valence-corrected chi connectivity index (χ4v) is 4.89. The van der Waals surface area contributed by atoms with Crippen molar-refractivity contribution < 1.29 is 26.7 Å². The first-order valence-electron chi connectivity index (χ1n) is 8.26. The molecule has 9 heteroatoms. The molecule has 3 rings (SSSR count). The first-order valence-corrected chi connectivity index (χ1v) is 10.1. The van der Waals surface area contributed by atoms with E-state index in [-0.39, 0.29) is 42.2 Å². The third-order valence-electron chi connectivity index (χ3n) is 4.52. The highest BCUT2D eigenvalue weighted by Crippen LogP contribution is 2.27. The van der Waals surface area contributed by atoms with Crippen LogP contribution < -0.4 is 0 Å². The highest BCUT2D eigenvalue weighted by atomic mass is 32.2. The van der Waals surface area contributed by atoms with Crippen LogP contribution >= 0.6 is 0 Å². The molecule has 26 heavy (non-hydrogen) atoms. The van der Waals surface area contributed by atoms with Crippen LogP contribution in [0, 0.1) is 18.6 Å². The van der Waals surface area contributed by atoms with E-state index in [0.29, 0.717) is 24.4 Å². The van der Waals surface area contributed by atoms with Gasteiger partial charge in [-0.05, 0) is 25.5 Å². The van der Waals surface area contributed by atoms with Gasteiger partial charge in [0.15, 0.2) is 9.84 Å². The number of nitrogens with zero attached hydrogens (tertiary/aromatic N) is 2. The van der Waals surface area contributed by atoms with Gasteiger partial charge in [0.1, 0.15) is 17.4 Å². The molecule has 0 bridgehead atoms. The number of aryl methyl sites for hydroxylation is 1. The number of benzene rings is 1. The summed E-state index contributed by atoms with van der Waals surface area (Å²) in [5, 5.41) is 9.30. The van der Waals surface area contributed by atoms with E-state index in [1.54, 1.807) is 6.92 Å². The minimum absolute atomic E-state index is 0.0398. The molecule has 0 radical (unpaired) electrons. The zero-order valence-corrected chi connectivity index (χ0v) is 15.1. The molecule has 2 aromatic rings. The zero-order chi connectivity index (χ0) is 18.9. The van der Waals surface area contributed by atoms with Crippen LogP contribution in [-0.4, -0.2) is 54.1 Å². The molecule has 0 spiro atoms. The van der Waals surface area contributed by atoms with Gasteiger partial charge in [-0.15, -0.1) is 0 Å². The summed E-state index contributed by atoms with van der Waals surface area (Å²) < 4.78 is 56.0. The van der Waals surface area contributed by atoms with Crippen molar-refractivity contribution in [2.24, 2.45) is 0 Å². The molecular weight excluding hydrogens is 366 g/mol. The van der Waals surface area contributed by atoms with Crippen molar-refractivity contribution in [1.29, 1.82) is 0 Å². The molecule has 142 valence electrons. The van der Waals surface area contributed by atoms with Crippen LogP contribution in [-0.2, 0) is 16.4 Å². The van der Waals surface area contributed by atoms with Crippen molar-refractivity contribution in [3.63, 3.8) is 0 Å². The summed E-state index contributed by atoms with van der Waals surface area (Å²) in [6, 6.07) is 2.94. The standard InChI is InChI=1S/C17H20F2N2O4S/c1-11-16(9-21(5-6-22)13-4-7-26(23,24)10-13)20-17(25-11)14-3-2-12(18)8-15(14)19/h2-3,8,13,22H,4-7,9-10H2,1H3. The van der Waals surface area contributed by atoms with Gasteiger partial charge in [0.25, 0.3) is 0 Å². The molecule has 0 amide bonds. The van der Waals surface area contributed by atoms with Gasteiger partial charge in [0.2, 0.25) is 5.89 Å². The van der Waals surface area contributed by atoms with Crippen molar-refractivity contribution in [1.82, 2.24) is 9.88 Å². The van der Waals surface area contributed by atoms with Gasteiger partial charge < -0.3 is 9.52 Å². The largest absolute Gasteiger partial charge is 0.441 e. The Kier molecular flexibility index (Phi) is 5.40. The summed E-state index contributed by atoms with van der Waals surface area (Å²) in [6.07, 6.45) is 0.499. The summed E-state index contributed by atoms with van der Waals surface area (Å²) in [7, 11) is -3.06. The molecule has 1 unspecified atom stereocenters. The van der Waals surface area contributed by atoms with Gasteiger partial charge in [0, 0.05) is 25.2 Å². The van der Waals surface area contributed by atoms with Crippen LogP contribution in [0.1, 0.15) is 17.9 Å². The maximum atomic E-state index is 13.9. The predicted octanol–water partition coefficient (Wildman–Crippen LogP) is 1.91. The number of oxazole rings is 1. The molecular formula is C17H20F2N2O4S. The minimum Gasteiger partial charge on any atom is -0.441 e. The van der Waals surface area contributed by atoms with E-state index >= 15 is 0 Å². The molecule has 1 N–H and O–H groups in total. The number of sulfone groups is 1. The number of hydrogen-bond donors (Lipinski definition) is 1. The molecule has 1 aliphatic heterocycles. The average Bonchev–Trinajstić information content (AvgIpc) is 3.09. The number of halogens is 2. The van der Waals surface area contributed by atoms with Crippen LogP contribution in [0.15, 0.2) is 22.6 Å². The predicted molar refractivity (Wildman–Crippen MR) is 91.1 cm³/mol. The maximum absolute atomic E-state index is 13.9. The fourth-order valence-electron chi connectivity index (χ4n) is 3.13. The molecule has 0 saturated carbocycles. The number of hydrogen-bond acceptors (Lipinski definition) is 6. The monoisotopic (exact) mass is 386 g/mol. The highest BCUT2D eigenvalue weighted by Gasteiger charge is 2.32. The second kappa shape index (κ2) is 7.42. The van der Waals surface area contributed by atoms with Gasteiger partial charge in [-0.25, -0.2) is 22.2 Å². The molecule has 1 atom stereocenters. The van der Waals surface area contributed by atoms with Crippen LogP contribution in [0.25, 0.3) is 11.5 Å². The lowest BCUT2D eigenvalue weighted by molar-refractivity contribution is 0.152. The molecule has 0 aliphatic carbocycles. The van der Waals surface area contributed by atoms with Crippen molar-refractivity contribution in [2.75, 3.05) is 24.7 Å². The summed E-state index contributed by atoms with van der Waals surface area (Å²) in [5.74, 6) is -0.781. The Balaban J connectivity index is 1.83. The van der Waals surface area contributed by atoms with E-state index in [1.165, 1.54) is 6.07 Å². The van der Waals surface area contributed by atoms with Crippen LogP contribution in [0.2, 0.25) is 0 Å². The Morgan fingerprint density at radius 1 is 1.38 bits per heavy atom. The Morgan fingerprint density at radius 3 is 2.77 bits per heavy atom. The van der Waals surface area contributed by atoms with Gasteiger partial charge in [-0.2, -0.15) is 0 Å². The Bertz CT molecular complexity index is 898. The van der Waals surface area contributed by atoms with Crippen molar-refractivity contribution in [3.8, 4) is 11.5 Å². The van der Waals surface area contributed by atoms with Crippen molar-refractivity contribution in [3.05, 3.63) is 41.3 Å². The van der Waals surface area contributed by atoms with Gasteiger partial charge in [0.05, 0.1) is 29.4 Å². The quantitative estimate of drug-likeness (QED) is 0.817. The second-order valence-electron chi connectivity index (χ2n) is 6.40. The third-order valence-corrected chi connectivity index (χ3v) is 6.27. The van der Waals surface area contributed by atoms with Crippen LogP contribution in [0.3, 0.4) is 0 Å². The summed E-state index contributed by atoms with van der Waals surface area (Å²) in [4.78, 5) is 6.15. The van der Waals surface area contributed by atoms with Crippen molar-refractivity contribution >= 4 is 9.84 Å². The third kappa shape index (κ3) is 4.11. The summed E-state index contributed by atoms with van der Waals surface area (Å²) in [5.41, 5.74) is 0.583. The smallest absolute Gasteiger partial charge is 0.229 e. The van der Waals surface area contributed by atoms with Gasteiger partial charge in [-0.1, -0.05) is 0 Å². The summed E-state index contributed by atoms with van der Waals surface area (Å²) in [6.45, 7) is 2.13. The Labute approximate surface area is 150 Å². The molecule has 2 heterocycles. The molecule has 1 saturated heterocycles.